The van der Waals surface area contributed by atoms with Gasteiger partial charge in [-0.2, -0.15) is 8.42 Å². The molecule has 0 bridgehead atoms. The van der Waals surface area contributed by atoms with E-state index in [1.807, 2.05) is 0 Å². The predicted octanol–water partition coefficient (Wildman–Crippen LogP) is 3.90. The van der Waals surface area contributed by atoms with E-state index in [2.05, 4.69) is 6.92 Å². The van der Waals surface area contributed by atoms with Crippen LogP contribution >= 0.6 is 0 Å². The molecule has 0 amide bonds. The smallest absolute Gasteiger partial charge is 0.377 e. The van der Waals surface area contributed by atoms with Crippen molar-refractivity contribution < 1.29 is 25.8 Å². The molecule has 25 heavy (non-hydrogen) atoms. The largest absolute Gasteiger partial charge is 0.455 e. The molecule has 0 saturated carbocycles. The van der Waals surface area contributed by atoms with Crippen LogP contribution in [0, 0.1) is 0 Å². The van der Waals surface area contributed by atoms with E-state index in [0.717, 1.165) is 36.6 Å². The summed E-state index contributed by atoms with van der Waals surface area (Å²) in [5, 5.41) is 1.30. The lowest BCUT2D eigenvalue weighted by Gasteiger charge is -2.07. The molecular weight excluding hydrogens is 364 g/mol. The van der Waals surface area contributed by atoms with Crippen molar-refractivity contribution in [1.82, 2.24) is 0 Å². The summed E-state index contributed by atoms with van der Waals surface area (Å²) in [4.78, 5) is -0.541. The summed E-state index contributed by atoms with van der Waals surface area (Å²) in [6, 6.07) is 9.83. The van der Waals surface area contributed by atoms with Crippen molar-refractivity contribution in [3.63, 3.8) is 0 Å². The molecule has 6 nitrogen and oxygen atoms in total. The summed E-state index contributed by atoms with van der Waals surface area (Å²) >= 11 is 0. The molecule has 2 aromatic carbocycles. The van der Waals surface area contributed by atoms with Crippen LogP contribution in [-0.4, -0.2) is 21.4 Å². The third-order valence-electron chi connectivity index (χ3n) is 4.17. The molecule has 0 unspecified atom stereocenters. The van der Waals surface area contributed by atoms with Gasteiger partial charge in [0.1, 0.15) is 10.5 Å². The van der Waals surface area contributed by atoms with Gasteiger partial charge < -0.3 is 4.42 Å². The maximum absolute atomic E-state index is 12.2. The second-order valence-electron chi connectivity index (χ2n) is 5.86. The van der Waals surface area contributed by atoms with Gasteiger partial charge in [-0.05, 0) is 30.5 Å². The SMILES string of the molecule is CCCCCc1ccc(S(=O)(=O)S(=O)(=O)O)c2oc3ccccc3c12. The average molecular weight is 382 g/mol. The molecule has 134 valence electrons. The van der Waals surface area contributed by atoms with Crippen molar-refractivity contribution in [1.29, 1.82) is 0 Å². The first-order chi connectivity index (χ1) is 11.8. The zero-order valence-electron chi connectivity index (χ0n) is 13.6. The normalized spacial score (nSPS) is 12.9. The quantitative estimate of drug-likeness (QED) is 0.394. The van der Waals surface area contributed by atoms with Crippen molar-refractivity contribution >= 4 is 40.0 Å². The van der Waals surface area contributed by atoms with Gasteiger partial charge in [0.2, 0.25) is 0 Å². The van der Waals surface area contributed by atoms with Crippen LogP contribution in [0.15, 0.2) is 45.7 Å². The Balaban J connectivity index is 2.34. The average Bonchev–Trinajstić information content (AvgIpc) is 2.93. The van der Waals surface area contributed by atoms with Gasteiger partial charge in [-0.25, -0.2) is 8.42 Å². The Kier molecular flexibility index (Phi) is 4.61. The number of furan rings is 1. The van der Waals surface area contributed by atoms with Crippen LogP contribution in [0.5, 0.6) is 0 Å². The molecule has 1 aromatic heterocycles. The van der Waals surface area contributed by atoms with Crippen LogP contribution in [-0.2, 0) is 24.4 Å². The van der Waals surface area contributed by atoms with Gasteiger partial charge in [-0.3, -0.25) is 4.55 Å². The van der Waals surface area contributed by atoms with Crippen LogP contribution in [0.2, 0.25) is 0 Å². The van der Waals surface area contributed by atoms with Crippen molar-refractivity contribution in [2.24, 2.45) is 0 Å². The minimum Gasteiger partial charge on any atom is -0.455 e. The van der Waals surface area contributed by atoms with Crippen molar-refractivity contribution in [3.8, 4) is 0 Å². The summed E-state index contributed by atoms with van der Waals surface area (Å²) in [5.41, 5.74) is 1.32. The van der Waals surface area contributed by atoms with Gasteiger partial charge in [-0.15, -0.1) is 0 Å². The molecule has 0 spiro atoms. The first-order valence-electron chi connectivity index (χ1n) is 7.93. The Morgan fingerprint density at radius 1 is 1.00 bits per heavy atom. The summed E-state index contributed by atoms with van der Waals surface area (Å²) in [7, 11) is -10.3. The van der Waals surface area contributed by atoms with E-state index in [9.17, 15) is 16.8 Å². The standard InChI is InChI=1S/C17H18O6S2/c1-2-3-4-7-12-10-11-15(24(18,19)25(20,21)22)17-16(12)13-8-5-6-9-14(13)23-17/h5-6,8-11H,2-4,7H2,1H3,(H,20,21,22). The highest BCUT2D eigenvalue weighted by Crippen LogP contribution is 2.37. The zero-order valence-corrected chi connectivity index (χ0v) is 15.2. The van der Waals surface area contributed by atoms with Gasteiger partial charge in [0.15, 0.2) is 5.58 Å². The van der Waals surface area contributed by atoms with Crippen LogP contribution in [0.4, 0.5) is 0 Å². The van der Waals surface area contributed by atoms with E-state index in [4.69, 9.17) is 8.97 Å². The minimum atomic E-state index is -5.31. The number of hydrogen-bond donors (Lipinski definition) is 1. The Labute approximate surface area is 145 Å². The number of para-hydroxylation sites is 1. The molecule has 0 fully saturated rings. The number of fused-ring (bicyclic) bond motifs is 3. The maximum atomic E-state index is 12.2. The monoisotopic (exact) mass is 382 g/mol. The maximum Gasteiger partial charge on any atom is 0.377 e. The third kappa shape index (κ3) is 3.05. The summed E-state index contributed by atoms with van der Waals surface area (Å²) < 4.78 is 61.9. The Bertz CT molecular complexity index is 1140. The molecule has 0 radical (unpaired) electrons. The highest BCUT2D eigenvalue weighted by Gasteiger charge is 2.33. The fourth-order valence-electron chi connectivity index (χ4n) is 2.96. The zero-order chi connectivity index (χ0) is 18.2. The van der Waals surface area contributed by atoms with Gasteiger partial charge in [-0.1, -0.05) is 44.0 Å². The van der Waals surface area contributed by atoms with E-state index in [1.54, 1.807) is 30.3 Å². The highest BCUT2D eigenvalue weighted by molar-refractivity contribution is 8.65. The minimum absolute atomic E-state index is 0.0344. The van der Waals surface area contributed by atoms with E-state index in [1.165, 1.54) is 6.07 Å². The van der Waals surface area contributed by atoms with Crippen molar-refractivity contribution in [2.75, 3.05) is 0 Å². The third-order valence-corrected chi connectivity index (χ3v) is 7.79. The van der Waals surface area contributed by atoms with E-state index >= 15 is 0 Å². The summed E-state index contributed by atoms with van der Waals surface area (Å²) in [5.74, 6) is 0. The number of benzene rings is 2. The first kappa shape index (κ1) is 17.9. The number of hydrogen-bond acceptors (Lipinski definition) is 5. The summed E-state index contributed by atoms with van der Waals surface area (Å²) in [6.07, 6.45) is 3.72. The molecule has 0 atom stereocenters. The first-order valence-corrected chi connectivity index (χ1v) is 11.4. The summed E-state index contributed by atoms with van der Waals surface area (Å²) in [6.45, 7) is 2.09. The van der Waals surface area contributed by atoms with E-state index < -0.39 is 22.9 Å². The Hall–Kier alpha value is -1.90. The second-order valence-corrected chi connectivity index (χ2v) is 10.6. The van der Waals surface area contributed by atoms with Gasteiger partial charge >= 0.3 is 18.0 Å². The molecule has 8 heteroatoms. The topological polar surface area (TPSA) is 102 Å². The van der Waals surface area contributed by atoms with E-state index in [-0.39, 0.29) is 5.58 Å². The molecule has 0 aliphatic carbocycles. The van der Waals surface area contributed by atoms with Crippen LogP contribution in [0.25, 0.3) is 21.9 Å². The molecule has 1 heterocycles. The second kappa shape index (κ2) is 6.44. The predicted molar refractivity (Wildman–Crippen MR) is 95.7 cm³/mol. The number of aryl methyl sites for hydroxylation is 1. The van der Waals surface area contributed by atoms with Crippen molar-refractivity contribution in [2.45, 2.75) is 37.5 Å². The Morgan fingerprint density at radius 2 is 1.72 bits per heavy atom. The van der Waals surface area contributed by atoms with E-state index in [0.29, 0.717) is 11.0 Å². The van der Waals surface area contributed by atoms with Gasteiger partial charge in [0.05, 0.1) is 0 Å². The van der Waals surface area contributed by atoms with Crippen molar-refractivity contribution in [3.05, 3.63) is 42.0 Å². The van der Waals surface area contributed by atoms with Crippen LogP contribution in [0.1, 0.15) is 31.7 Å². The van der Waals surface area contributed by atoms with Crippen LogP contribution < -0.4 is 0 Å². The molecule has 0 aliphatic heterocycles. The molecule has 0 aliphatic rings. The molecule has 0 saturated heterocycles. The molecule has 3 aromatic rings. The van der Waals surface area contributed by atoms with Gasteiger partial charge in [0.25, 0.3) is 0 Å². The highest BCUT2D eigenvalue weighted by atomic mass is 33.2. The molecular formula is C17H18O6S2. The fourth-order valence-corrected chi connectivity index (χ4v) is 4.86. The fraction of sp³-hybridized carbons (Fsp3) is 0.294. The lowest BCUT2D eigenvalue weighted by molar-refractivity contribution is 0.492. The number of unbranched alkanes of at least 4 members (excludes halogenated alkanes) is 2. The number of rotatable bonds is 6. The van der Waals surface area contributed by atoms with Gasteiger partial charge in [0, 0.05) is 10.8 Å². The Morgan fingerprint density at radius 3 is 2.40 bits per heavy atom. The van der Waals surface area contributed by atoms with Crippen LogP contribution in [0.3, 0.4) is 0 Å². The molecule has 3 rings (SSSR count). The molecule has 1 N–H and O–H groups in total. The lowest BCUT2D eigenvalue weighted by atomic mass is 10.0. The lowest BCUT2D eigenvalue weighted by Crippen LogP contribution is -2.14.